The highest BCUT2D eigenvalue weighted by atomic mass is 32.1. The number of thiazole rings is 1. The number of hydrogen-bond acceptors (Lipinski definition) is 5. The molecule has 19 heavy (non-hydrogen) atoms. The second-order valence-corrected chi connectivity index (χ2v) is 5.48. The number of nitrogen functional groups attached to an aromatic ring is 1. The summed E-state index contributed by atoms with van der Waals surface area (Å²) in [6.07, 6.45) is 0. The Labute approximate surface area is 115 Å². The fourth-order valence-corrected chi connectivity index (χ4v) is 2.56. The molecule has 0 bridgehead atoms. The topological polar surface area (TPSA) is 85.8 Å². The third-order valence-electron chi connectivity index (χ3n) is 2.94. The quantitative estimate of drug-likeness (QED) is 0.901. The number of anilines is 2. The van der Waals surface area contributed by atoms with Crippen LogP contribution in [0.3, 0.4) is 0 Å². The van der Waals surface area contributed by atoms with Gasteiger partial charge in [-0.25, -0.2) is 4.98 Å². The van der Waals surface area contributed by atoms with Gasteiger partial charge in [0.15, 0.2) is 5.13 Å². The number of aryl methyl sites for hydroxylation is 4. The predicted octanol–water partition coefficient (Wildman–Crippen LogP) is 2.12. The fourth-order valence-electron chi connectivity index (χ4n) is 1.75. The summed E-state index contributed by atoms with van der Waals surface area (Å²) in [7, 11) is 0. The number of nitrogens with zero attached hydrogens (tertiary/aromatic N) is 3. The van der Waals surface area contributed by atoms with Gasteiger partial charge in [-0.2, -0.15) is 5.10 Å². The van der Waals surface area contributed by atoms with Crippen molar-refractivity contribution in [1.29, 1.82) is 0 Å². The van der Waals surface area contributed by atoms with Gasteiger partial charge in [-0.1, -0.05) is 0 Å². The smallest absolute Gasteiger partial charge is 0.277 e. The van der Waals surface area contributed by atoms with E-state index in [9.17, 15) is 4.79 Å². The van der Waals surface area contributed by atoms with Crippen molar-refractivity contribution in [3.8, 4) is 0 Å². The second kappa shape index (κ2) is 5.00. The van der Waals surface area contributed by atoms with Gasteiger partial charge in [0, 0.05) is 11.4 Å². The minimum absolute atomic E-state index is 0.270. The van der Waals surface area contributed by atoms with Gasteiger partial charge >= 0.3 is 0 Å². The van der Waals surface area contributed by atoms with Crippen LogP contribution in [0.25, 0.3) is 0 Å². The average molecular weight is 279 g/mol. The van der Waals surface area contributed by atoms with Crippen LogP contribution in [0.15, 0.2) is 0 Å². The van der Waals surface area contributed by atoms with E-state index in [0.29, 0.717) is 28.8 Å². The van der Waals surface area contributed by atoms with E-state index in [4.69, 9.17) is 5.73 Å². The maximum Gasteiger partial charge on any atom is 0.277 e. The average Bonchev–Trinajstić information content (AvgIpc) is 2.81. The van der Waals surface area contributed by atoms with Gasteiger partial charge < -0.3 is 5.73 Å². The van der Waals surface area contributed by atoms with E-state index in [1.165, 1.54) is 11.3 Å². The van der Waals surface area contributed by atoms with Gasteiger partial charge in [0.25, 0.3) is 5.91 Å². The van der Waals surface area contributed by atoms with Crippen LogP contribution in [0, 0.1) is 20.8 Å². The Kier molecular flexibility index (Phi) is 3.57. The van der Waals surface area contributed by atoms with Crippen LogP contribution in [0.1, 0.15) is 33.7 Å². The zero-order valence-electron chi connectivity index (χ0n) is 11.4. The first-order valence-electron chi connectivity index (χ1n) is 6.02. The van der Waals surface area contributed by atoms with Crippen LogP contribution in [-0.4, -0.2) is 20.7 Å². The zero-order valence-corrected chi connectivity index (χ0v) is 12.3. The highest BCUT2D eigenvalue weighted by molar-refractivity contribution is 7.15. The molecule has 0 saturated heterocycles. The van der Waals surface area contributed by atoms with Crippen LogP contribution >= 0.6 is 11.3 Å². The van der Waals surface area contributed by atoms with E-state index >= 15 is 0 Å². The molecule has 3 N–H and O–H groups in total. The van der Waals surface area contributed by atoms with E-state index in [0.717, 1.165) is 10.6 Å². The number of carbonyl (C=O) groups is 1. The molecule has 7 heteroatoms. The number of hydrogen-bond donors (Lipinski definition) is 2. The van der Waals surface area contributed by atoms with E-state index in [2.05, 4.69) is 15.4 Å². The first-order valence-corrected chi connectivity index (χ1v) is 6.84. The summed E-state index contributed by atoms with van der Waals surface area (Å²) in [5.74, 6) is -0.270. The SMILES string of the molecule is CCn1nc(C)c(N)c1C(=O)Nc1nc(C)c(C)s1. The monoisotopic (exact) mass is 279 g/mol. The molecule has 0 fully saturated rings. The molecule has 0 radical (unpaired) electrons. The van der Waals surface area contributed by atoms with E-state index in [1.807, 2.05) is 20.8 Å². The van der Waals surface area contributed by atoms with Crippen molar-refractivity contribution in [3.05, 3.63) is 22.0 Å². The Morgan fingerprint density at radius 1 is 1.37 bits per heavy atom. The summed E-state index contributed by atoms with van der Waals surface area (Å²) < 4.78 is 1.60. The lowest BCUT2D eigenvalue weighted by atomic mass is 10.3. The molecule has 0 aliphatic heterocycles. The second-order valence-electron chi connectivity index (χ2n) is 4.28. The number of amides is 1. The fraction of sp³-hybridized carbons (Fsp3) is 0.417. The Morgan fingerprint density at radius 3 is 2.58 bits per heavy atom. The maximum absolute atomic E-state index is 12.3. The summed E-state index contributed by atoms with van der Waals surface area (Å²) in [5.41, 5.74) is 8.31. The molecular formula is C12H17N5OS. The number of rotatable bonds is 3. The maximum atomic E-state index is 12.3. The molecule has 2 aromatic rings. The zero-order chi connectivity index (χ0) is 14.2. The van der Waals surface area contributed by atoms with E-state index in [1.54, 1.807) is 11.6 Å². The lowest BCUT2D eigenvalue weighted by Gasteiger charge is -2.05. The molecule has 0 aliphatic rings. The van der Waals surface area contributed by atoms with E-state index < -0.39 is 0 Å². The molecule has 0 saturated carbocycles. The molecule has 2 rings (SSSR count). The lowest BCUT2D eigenvalue weighted by molar-refractivity contribution is 0.101. The molecule has 102 valence electrons. The third kappa shape index (κ3) is 2.46. The van der Waals surface area contributed by atoms with Gasteiger partial charge in [0.2, 0.25) is 0 Å². The van der Waals surface area contributed by atoms with Gasteiger partial charge in [0.05, 0.1) is 17.1 Å². The largest absolute Gasteiger partial charge is 0.395 e. The summed E-state index contributed by atoms with van der Waals surface area (Å²) in [6.45, 7) is 8.18. The van der Waals surface area contributed by atoms with Crippen molar-refractivity contribution in [2.75, 3.05) is 11.1 Å². The molecule has 1 amide bonds. The Balaban J connectivity index is 2.29. The van der Waals surface area contributed by atoms with Crippen molar-refractivity contribution >= 4 is 28.1 Å². The van der Waals surface area contributed by atoms with E-state index in [-0.39, 0.29) is 5.91 Å². The lowest BCUT2D eigenvalue weighted by Crippen LogP contribution is -2.18. The van der Waals surface area contributed by atoms with Crippen molar-refractivity contribution in [2.45, 2.75) is 34.2 Å². The van der Waals surface area contributed by atoms with Crippen LogP contribution < -0.4 is 11.1 Å². The Morgan fingerprint density at radius 2 is 2.05 bits per heavy atom. The first-order chi connectivity index (χ1) is 8.93. The molecule has 2 aromatic heterocycles. The molecule has 2 heterocycles. The normalized spacial score (nSPS) is 10.7. The summed E-state index contributed by atoms with van der Waals surface area (Å²) >= 11 is 1.45. The summed E-state index contributed by atoms with van der Waals surface area (Å²) in [4.78, 5) is 17.6. The highest BCUT2D eigenvalue weighted by Crippen LogP contribution is 2.23. The number of nitrogens with two attached hydrogens (primary N) is 1. The van der Waals surface area contributed by atoms with Crippen molar-refractivity contribution in [2.24, 2.45) is 0 Å². The standard InChI is InChI=1S/C12H17N5OS/c1-5-17-10(9(13)7(3)16-17)11(18)15-12-14-6(2)8(4)19-12/h5,13H2,1-4H3,(H,14,15,18). The molecular weight excluding hydrogens is 262 g/mol. The number of nitrogens with one attached hydrogen (secondary N) is 1. The third-order valence-corrected chi connectivity index (χ3v) is 3.93. The minimum atomic E-state index is -0.270. The summed E-state index contributed by atoms with van der Waals surface area (Å²) in [5, 5.41) is 7.59. The van der Waals surface area contributed by atoms with Gasteiger partial charge in [0.1, 0.15) is 5.69 Å². The Hall–Kier alpha value is -1.89. The molecule has 6 nitrogen and oxygen atoms in total. The van der Waals surface area contributed by atoms with Gasteiger partial charge in [-0.05, 0) is 27.7 Å². The van der Waals surface area contributed by atoms with Crippen LogP contribution in [0.5, 0.6) is 0 Å². The summed E-state index contributed by atoms with van der Waals surface area (Å²) in [6, 6.07) is 0. The van der Waals surface area contributed by atoms with Gasteiger partial charge in [-0.15, -0.1) is 11.3 Å². The predicted molar refractivity (Wildman–Crippen MR) is 76.6 cm³/mol. The van der Waals surface area contributed by atoms with Gasteiger partial charge in [-0.3, -0.25) is 14.8 Å². The molecule has 0 aromatic carbocycles. The Bertz CT molecular complexity index is 609. The number of carbonyl (C=O) groups excluding carboxylic acids is 1. The van der Waals surface area contributed by atoms with Crippen molar-refractivity contribution < 1.29 is 4.79 Å². The van der Waals surface area contributed by atoms with Crippen LogP contribution in [0.4, 0.5) is 10.8 Å². The molecule has 0 spiro atoms. The molecule has 0 aliphatic carbocycles. The van der Waals surface area contributed by atoms with Crippen molar-refractivity contribution in [3.63, 3.8) is 0 Å². The molecule has 0 unspecified atom stereocenters. The first kappa shape index (κ1) is 13.5. The minimum Gasteiger partial charge on any atom is -0.395 e. The van der Waals surface area contributed by atoms with Crippen molar-refractivity contribution in [1.82, 2.24) is 14.8 Å². The molecule has 0 atom stereocenters. The van der Waals surface area contributed by atoms with Crippen LogP contribution in [0.2, 0.25) is 0 Å². The number of aromatic nitrogens is 3. The van der Waals surface area contributed by atoms with Crippen LogP contribution in [-0.2, 0) is 6.54 Å². The highest BCUT2D eigenvalue weighted by Gasteiger charge is 2.20.